The van der Waals surface area contributed by atoms with Crippen LogP contribution in [0.1, 0.15) is 17.7 Å². The minimum absolute atomic E-state index is 0.0434. The summed E-state index contributed by atoms with van der Waals surface area (Å²) in [6, 6.07) is 3.43. The van der Waals surface area contributed by atoms with Gasteiger partial charge in [-0.15, -0.1) is 0 Å². The van der Waals surface area contributed by atoms with Crippen molar-refractivity contribution in [2.75, 3.05) is 13.2 Å². The molecule has 0 aromatic carbocycles. The van der Waals surface area contributed by atoms with E-state index in [9.17, 15) is 18.0 Å². The van der Waals surface area contributed by atoms with Crippen molar-refractivity contribution in [3.05, 3.63) is 33.7 Å². The van der Waals surface area contributed by atoms with Gasteiger partial charge in [-0.3, -0.25) is 4.79 Å². The zero-order chi connectivity index (χ0) is 14.5. The maximum Gasteiger partial charge on any atom is 0.411 e. The van der Waals surface area contributed by atoms with Gasteiger partial charge in [-0.2, -0.15) is 13.2 Å². The Hall–Kier alpha value is -1.34. The minimum atomic E-state index is -4.31. The lowest BCUT2D eigenvalue weighted by Crippen LogP contribution is -2.27. The highest BCUT2D eigenvalue weighted by atomic mass is 19.4. The van der Waals surface area contributed by atoms with Gasteiger partial charge in [0.05, 0.1) is 0 Å². The summed E-state index contributed by atoms with van der Waals surface area (Å²) in [5.74, 6) is 0. The molecule has 0 saturated carbocycles. The number of aryl methyl sites for hydroxylation is 1. The molecule has 0 fully saturated rings. The Labute approximate surface area is 109 Å². The average Bonchev–Trinajstić information content (AvgIpc) is 2.31. The van der Waals surface area contributed by atoms with E-state index in [1.807, 2.05) is 0 Å². The molecule has 108 valence electrons. The fourth-order valence-corrected chi connectivity index (χ4v) is 1.66. The Morgan fingerprint density at radius 3 is 2.63 bits per heavy atom. The second-order valence-electron chi connectivity index (χ2n) is 4.18. The first-order valence-corrected chi connectivity index (χ1v) is 5.89. The Bertz CT molecular complexity index is 469. The van der Waals surface area contributed by atoms with Gasteiger partial charge < -0.3 is 15.0 Å². The van der Waals surface area contributed by atoms with Crippen LogP contribution in [-0.4, -0.2) is 24.0 Å². The second-order valence-corrected chi connectivity index (χ2v) is 4.18. The van der Waals surface area contributed by atoms with Crippen molar-refractivity contribution < 1.29 is 17.9 Å². The first kappa shape index (κ1) is 15.7. The summed E-state index contributed by atoms with van der Waals surface area (Å²) in [6.45, 7) is 0.917. The molecular weight excluding hydrogens is 261 g/mol. The SMILES string of the molecule is Cc1ccc(CN)c(=O)n1CCCOCC(F)(F)F. The van der Waals surface area contributed by atoms with E-state index in [2.05, 4.69) is 4.74 Å². The quantitative estimate of drug-likeness (QED) is 0.804. The van der Waals surface area contributed by atoms with Crippen LogP contribution in [-0.2, 0) is 17.8 Å². The van der Waals surface area contributed by atoms with E-state index in [-0.39, 0.29) is 18.7 Å². The summed E-state index contributed by atoms with van der Waals surface area (Å²) in [5.41, 5.74) is 6.47. The van der Waals surface area contributed by atoms with E-state index >= 15 is 0 Å². The average molecular weight is 278 g/mol. The lowest BCUT2D eigenvalue weighted by molar-refractivity contribution is -0.174. The fourth-order valence-electron chi connectivity index (χ4n) is 1.66. The van der Waals surface area contributed by atoms with Gasteiger partial charge >= 0.3 is 6.18 Å². The van der Waals surface area contributed by atoms with Crippen molar-refractivity contribution in [3.63, 3.8) is 0 Å². The molecule has 0 bridgehead atoms. The van der Waals surface area contributed by atoms with Gasteiger partial charge in [0.15, 0.2) is 0 Å². The maximum atomic E-state index is 11.9. The fraction of sp³-hybridized carbons (Fsp3) is 0.583. The van der Waals surface area contributed by atoms with Gasteiger partial charge in [-0.05, 0) is 19.4 Å². The zero-order valence-corrected chi connectivity index (χ0v) is 10.7. The molecule has 7 heteroatoms. The van der Waals surface area contributed by atoms with Gasteiger partial charge in [0.2, 0.25) is 0 Å². The molecule has 0 aliphatic carbocycles. The molecule has 0 aliphatic rings. The first-order chi connectivity index (χ1) is 8.85. The smallest absolute Gasteiger partial charge is 0.372 e. The molecule has 2 N–H and O–H groups in total. The normalized spacial score (nSPS) is 11.8. The molecular formula is C12H17F3N2O2. The van der Waals surface area contributed by atoms with Crippen molar-refractivity contribution in [2.45, 2.75) is 32.6 Å². The summed E-state index contributed by atoms with van der Waals surface area (Å²) in [7, 11) is 0. The van der Waals surface area contributed by atoms with E-state index in [0.29, 0.717) is 18.5 Å². The Morgan fingerprint density at radius 1 is 1.37 bits per heavy atom. The van der Waals surface area contributed by atoms with Crippen LogP contribution < -0.4 is 11.3 Å². The Kier molecular flexibility index (Phi) is 5.56. The Balaban J connectivity index is 2.52. The lowest BCUT2D eigenvalue weighted by Gasteiger charge is -2.12. The second kappa shape index (κ2) is 6.72. The topological polar surface area (TPSA) is 57.2 Å². The molecule has 0 unspecified atom stereocenters. The molecule has 0 atom stereocenters. The van der Waals surface area contributed by atoms with Crippen molar-refractivity contribution in [3.8, 4) is 0 Å². The number of nitrogens with two attached hydrogens (primary N) is 1. The molecule has 1 rings (SSSR count). The van der Waals surface area contributed by atoms with Crippen LogP contribution in [0.25, 0.3) is 0 Å². The number of pyridine rings is 1. The molecule has 0 saturated heterocycles. The van der Waals surface area contributed by atoms with E-state index in [0.717, 1.165) is 5.69 Å². The van der Waals surface area contributed by atoms with Crippen LogP contribution in [0.5, 0.6) is 0 Å². The molecule has 1 aromatic rings. The molecule has 1 heterocycles. The summed E-state index contributed by atoms with van der Waals surface area (Å²) >= 11 is 0. The van der Waals surface area contributed by atoms with Crippen LogP contribution in [0.3, 0.4) is 0 Å². The number of halogens is 3. The van der Waals surface area contributed by atoms with Crippen LogP contribution in [0, 0.1) is 6.92 Å². The van der Waals surface area contributed by atoms with E-state index in [1.165, 1.54) is 4.57 Å². The van der Waals surface area contributed by atoms with Gasteiger partial charge in [0.1, 0.15) is 6.61 Å². The molecule has 1 aromatic heterocycles. The number of ether oxygens (including phenoxy) is 1. The number of rotatable bonds is 6. The van der Waals surface area contributed by atoms with Crippen molar-refractivity contribution in [2.24, 2.45) is 5.73 Å². The Morgan fingerprint density at radius 2 is 2.05 bits per heavy atom. The number of hydrogen-bond donors (Lipinski definition) is 1. The number of nitrogens with zero attached hydrogens (tertiary/aromatic N) is 1. The summed E-state index contributed by atoms with van der Waals surface area (Å²) < 4.78 is 41.5. The van der Waals surface area contributed by atoms with Gasteiger partial charge in [0.25, 0.3) is 5.56 Å². The minimum Gasteiger partial charge on any atom is -0.372 e. The first-order valence-electron chi connectivity index (χ1n) is 5.89. The van der Waals surface area contributed by atoms with Gasteiger partial charge in [-0.1, -0.05) is 6.07 Å². The molecule has 19 heavy (non-hydrogen) atoms. The highest BCUT2D eigenvalue weighted by Crippen LogP contribution is 2.14. The monoisotopic (exact) mass is 278 g/mol. The molecule has 0 radical (unpaired) electrons. The van der Waals surface area contributed by atoms with E-state index < -0.39 is 12.8 Å². The number of hydrogen-bond acceptors (Lipinski definition) is 3. The largest absolute Gasteiger partial charge is 0.411 e. The summed E-state index contributed by atoms with van der Waals surface area (Å²) in [4.78, 5) is 11.9. The van der Waals surface area contributed by atoms with Crippen LogP contribution in [0.2, 0.25) is 0 Å². The molecule has 0 amide bonds. The van der Waals surface area contributed by atoms with Gasteiger partial charge in [0, 0.05) is 31.0 Å². The number of alkyl halides is 3. The zero-order valence-electron chi connectivity index (χ0n) is 10.7. The highest BCUT2D eigenvalue weighted by Gasteiger charge is 2.27. The van der Waals surface area contributed by atoms with Crippen LogP contribution in [0.4, 0.5) is 13.2 Å². The third-order valence-electron chi connectivity index (χ3n) is 2.63. The van der Waals surface area contributed by atoms with E-state index in [4.69, 9.17) is 5.73 Å². The van der Waals surface area contributed by atoms with Crippen LogP contribution in [0.15, 0.2) is 16.9 Å². The highest BCUT2D eigenvalue weighted by molar-refractivity contribution is 5.15. The summed E-state index contributed by atoms with van der Waals surface area (Å²) in [6.07, 6.45) is -3.98. The predicted octanol–water partition coefficient (Wildman–Crippen LogP) is 1.58. The van der Waals surface area contributed by atoms with Gasteiger partial charge in [-0.25, -0.2) is 0 Å². The van der Waals surface area contributed by atoms with Crippen molar-refractivity contribution in [1.29, 1.82) is 0 Å². The van der Waals surface area contributed by atoms with Crippen molar-refractivity contribution >= 4 is 0 Å². The molecule has 4 nitrogen and oxygen atoms in total. The molecule has 0 spiro atoms. The van der Waals surface area contributed by atoms with Crippen LogP contribution >= 0.6 is 0 Å². The standard InChI is InChI=1S/C12H17F3N2O2/c1-9-3-4-10(7-16)11(18)17(9)5-2-6-19-8-12(13,14)15/h3-4H,2,5-8,16H2,1H3. The lowest BCUT2D eigenvalue weighted by atomic mass is 10.2. The van der Waals surface area contributed by atoms with E-state index in [1.54, 1.807) is 19.1 Å². The molecule has 0 aliphatic heterocycles. The predicted molar refractivity (Wildman–Crippen MR) is 64.8 cm³/mol. The third kappa shape index (κ3) is 5.04. The maximum absolute atomic E-state index is 11.9. The number of aromatic nitrogens is 1. The third-order valence-corrected chi connectivity index (χ3v) is 2.63. The van der Waals surface area contributed by atoms with Crippen molar-refractivity contribution in [1.82, 2.24) is 4.57 Å². The summed E-state index contributed by atoms with van der Waals surface area (Å²) in [5, 5.41) is 0.